The second-order valence-corrected chi connectivity index (χ2v) is 8.59. The van der Waals surface area contributed by atoms with Crippen LogP contribution in [0, 0.1) is 0 Å². The lowest BCUT2D eigenvalue weighted by atomic mass is 10.1. The number of rotatable bonds is 5. The van der Waals surface area contributed by atoms with Crippen LogP contribution in [0.3, 0.4) is 0 Å². The van der Waals surface area contributed by atoms with E-state index in [2.05, 4.69) is 47.3 Å². The summed E-state index contributed by atoms with van der Waals surface area (Å²) in [5, 5.41) is -0.377. The van der Waals surface area contributed by atoms with Crippen LogP contribution in [-0.2, 0) is 10.0 Å². The van der Waals surface area contributed by atoms with Gasteiger partial charge in [-0.05, 0) is 19.4 Å². The Balaban J connectivity index is 2.30. The highest BCUT2D eigenvalue weighted by molar-refractivity contribution is 7.90. The van der Waals surface area contributed by atoms with Crippen LogP contribution in [0.15, 0.2) is 6.07 Å². The van der Waals surface area contributed by atoms with Crippen molar-refractivity contribution in [3.05, 3.63) is 17.6 Å². The molecule has 0 saturated carbocycles. The van der Waals surface area contributed by atoms with Crippen molar-refractivity contribution in [2.45, 2.75) is 51.2 Å². The van der Waals surface area contributed by atoms with Crippen molar-refractivity contribution in [2.75, 3.05) is 25.0 Å². The Morgan fingerprint density at radius 3 is 2.45 bits per heavy atom. The number of nitrogens with one attached hydrogen (secondary N) is 1. The highest BCUT2D eigenvalue weighted by atomic mass is 32.2. The molecule has 0 radical (unpaired) electrons. The fourth-order valence-electron chi connectivity index (χ4n) is 2.54. The molecule has 2 rings (SSSR count). The highest BCUT2D eigenvalue weighted by Gasteiger charge is 2.33. The number of aromatic nitrogens is 2. The number of hydrogen-bond donors (Lipinski definition) is 1. The van der Waals surface area contributed by atoms with E-state index in [1.165, 1.54) is 7.05 Å². The van der Waals surface area contributed by atoms with E-state index in [1.54, 1.807) is 0 Å². The Hall–Kier alpha value is -1.21. The Kier molecular flexibility index (Phi) is 5.07. The second-order valence-electron chi connectivity index (χ2n) is 6.42. The van der Waals surface area contributed by atoms with Crippen LogP contribution in [0.25, 0.3) is 0 Å². The monoisotopic (exact) mass is 326 g/mol. The zero-order valence-electron chi connectivity index (χ0n) is 14.0. The maximum Gasteiger partial charge on any atom is 0.216 e. The summed E-state index contributed by atoms with van der Waals surface area (Å²) in [5.41, 5.74) is 1.01. The van der Waals surface area contributed by atoms with Crippen molar-refractivity contribution in [3.63, 3.8) is 0 Å². The molecule has 0 aromatic carbocycles. The van der Waals surface area contributed by atoms with E-state index in [-0.39, 0.29) is 11.2 Å². The van der Waals surface area contributed by atoms with Crippen molar-refractivity contribution < 1.29 is 8.42 Å². The van der Waals surface area contributed by atoms with Crippen LogP contribution in [0.1, 0.15) is 57.5 Å². The molecule has 1 aromatic heterocycles. The highest BCUT2D eigenvalue weighted by Crippen LogP contribution is 2.26. The van der Waals surface area contributed by atoms with Crippen LogP contribution < -0.4 is 9.62 Å². The molecule has 7 heteroatoms. The Bertz CT molecular complexity index is 602. The molecule has 1 fully saturated rings. The predicted octanol–water partition coefficient (Wildman–Crippen LogP) is 1.85. The summed E-state index contributed by atoms with van der Waals surface area (Å²) >= 11 is 0. The van der Waals surface area contributed by atoms with E-state index < -0.39 is 10.0 Å². The van der Waals surface area contributed by atoms with E-state index in [0.717, 1.165) is 17.3 Å². The molecule has 1 unspecified atom stereocenters. The molecule has 124 valence electrons. The Morgan fingerprint density at radius 1 is 1.23 bits per heavy atom. The molecule has 6 nitrogen and oxygen atoms in total. The molecule has 0 spiro atoms. The first-order chi connectivity index (χ1) is 10.2. The van der Waals surface area contributed by atoms with Gasteiger partial charge in [-0.15, -0.1) is 0 Å². The third kappa shape index (κ3) is 3.57. The van der Waals surface area contributed by atoms with Crippen LogP contribution in [0.2, 0.25) is 0 Å². The summed E-state index contributed by atoms with van der Waals surface area (Å²) in [5.74, 6) is 2.23. The minimum atomic E-state index is -3.23. The van der Waals surface area contributed by atoms with Gasteiger partial charge < -0.3 is 4.90 Å². The maximum absolute atomic E-state index is 12.0. The third-order valence-corrected chi connectivity index (χ3v) is 5.88. The Morgan fingerprint density at radius 2 is 1.91 bits per heavy atom. The van der Waals surface area contributed by atoms with Gasteiger partial charge in [0.2, 0.25) is 10.0 Å². The molecular weight excluding hydrogens is 300 g/mol. The van der Waals surface area contributed by atoms with Crippen LogP contribution >= 0.6 is 0 Å². The predicted molar refractivity (Wildman–Crippen MR) is 88.8 cm³/mol. The lowest BCUT2D eigenvalue weighted by Crippen LogP contribution is -2.34. The van der Waals surface area contributed by atoms with Crippen LogP contribution in [0.5, 0.6) is 0 Å². The summed E-state index contributed by atoms with van der Waals surface area (Å²) in [4.78, 5) is 11.3. The number of nitrogens with zero attached hydrogens (tertiary/aromatic N) is 3. The zero-order valence-corrected chi connectivity index (χ0v) is 14.8. The maximum atomic E-state index is 12.0. The molecule has 2 heterocycles. The van der Waals surface area contributed by atoms with Gasteiger partial charge in [0.15, 0.2) is 0 Å². The largest absolute Gasteiger partial charge is 0.355 e. The smallest absolute Gasteiger partial charge is 0.216 e. The minimum absolute atomic E-state index is 0.247. The van der Waals surface area contributed by atoms with Gasteiger partial charge in [-0.1, -0.05) is 27.7 Å². The zero-order chi connectivity index (χ0) is 16.5. The lowest BCUT2D eigenvalue weighted by molar-refractivity contribution is 0.575. The van der Waals surface area contributed by atoms with Gasteiger partial charge in [0.05, 0.1) is 5.25 Å². The first-order valence-corrected chi connectivity index (χ1v) is 9.35. The molecule has 0 aliphatic carbocycles. The standard InChI is InChI=1S/C15H26N4O2S/c1-10(2)13-8-14(18-15(17-13)11(3)4)19-7-6-12(9-19)22(20,21)16-5/h8,10-12,16H,6-7,9H2,1-5H3. The lowest BCUT2D eigenvalue weighted by Gasteiger charge is -2.20. The average Bonchev–Trinajstić information content (AvgIpc) is 2.97. The molecule has 1 N–H and O–H groups in total. The van der Waals surface area contributed by atoms with Gasteiger partial charge in [-0.2, -0.15) is 0 Å². The molecule has 22 heavy (non-hydrogen) atoms. The van der Waals surface area contributed by atoms with Crippen molar-refractivity contribution in [1.82, 2.24) is 14.7 Å². The number of anilines is 1. The van der Waals surface area contributed by atoms with E-state index in [1.807, 2.05) is 6.07 Å². The molecular formula is C15H26N4O2S. The van der Waals surface area contributed by atoms with Gasteiger partial charge >= 0.3 is 0 Å². The normalized spacial score (nSPS) is 19.4. The summed E-state index contributed by atoms with van der Waals surface area (Å²) < 4.78 is 26.3. The second kappa shape index (κ2) is 6.50. The molecule has 1 saturated heterocycles. The molecule has 0 bridgehead atoms. The van der Waals surface area contributed by atoms with Gasteiger partial charge in [0, 0.05) is 30.8 Å². The SMILES string of the molecule is CNS(=O)(=O)C1CCN(c2cc(C(C)C)nc(C(C)C)n2)C1. The molecule has 1 aliphatic heterocycles. The van der Waals surface area contributed by atoms with Gasteiger partial charge in [-0.3, -0.25) is 0 Å². The van der Waals surface area contributed by atoms with Gasteiger partial charge in [0.1, 0.15) is 11.6 Å². The van der Waals surface area contributed by atoms with Crippen molar-refractivity contribution in [1.29, 1.82) is 0 Å². The van der Waals surface area contributed by atoms with Gasteiger partial charge in [0.25, 0.3) is 0 Å². The van der Waals surface area contributed by atoms with Crippen molar-refractivity contribution >= 4 is 15.8 Å². The van der Waals surface area contributed by atoms with Crippen LogP contribution in [-0.4, -0.2) is 43.8 Å². The first kappa shape index (κ1) is 17.1. The summed E-state index contributed by atoms with van der Waals surface area (Å²) in [6, 6.07) is 1.99. The van der Waals surface area contributed by atoms with E-state index in [0.29, 0.717) is 25.4 Å². The number of sulfonamides is 1. The van der Waals surface area contributed by atoms with Gasteiger partial charge in [-0.25, -0.2) is 23.1 Å². The Labute approximate surface area is 133 Å². The fourth-order valence-corrected chi connectivity index (χ4v) is 3.67. The first-order valence-electron chi connectivity index (χ1n) is 7.80. The van der Waals surface area contributed by atoms with E-state index in [9.17, 15) is 8.42 Å². The minimum Gasteiger partial charge on any atom is -0.355 e. The third-order valence-electron chi connectivity index (χ3n) is 4.05. The molecule has 1 aliphatic rings. The fraction of sp³-hybridized carbons (Fsp3) is 0.733. The van der Waals surface area contributed by atoms with E-state index >= 15 is 0 Å². The van der Waals surface area contributed by atoms with Crippen molar-refractivity contribution in [3.8, 4) is 0 Å². The molecule has 1 aromatic rings. The molecule has 1 atom stereocenters. The summed E-state index contributed by atoms with van der Waals surface area (Å²) in [6.07, 6.45) is 0.626. The quantitative estimate of drug-likeness (QED) is 0.894. The molecule has 0 amide bonds. The van der Waals surface area contributed by atoms with E-state index in [4.69, 9.17) is 0 Å². The van der Waals surface area contributed by atoms with Crippen LogP contribution in [0.4, 0.5) is 5.82 Å². The number of hydrogen-bond acceptors (Lipinski definition) is 5. The topological polar surface area (TPSA) is 75.2 Å². The summed E-state index contributed by atoms with van der Waals surface area (Å²) in [6.45, 7) is 9.54. The average molecular weight is 326 g/mol. The summed E-state index contributed by atoms with van der Waals surface area (Å²) in [7, 11) is -1.76. The van der Waals surface area contributed by atoms with Crippen molar-refractivity contribution in [2.24, 2.45) is 0 Å².